The summed E-state index contributed by atoms with van der Waals surface area (Å²) in [6.07, 6.45) is 0.991. The number of rotatable bonds is 1. The van der Waals surface area contributed by atoms with Gasteiger partial charge in [0.1, 0.15) is 5.75 Å². The molecule has 2 aliphatic rings. The highest BCUT2D eigenvalue weighted by molar-refractivity contribution is 9.10. The van der Waals surface area contributed by atoms with Crippen molar-refractivity contribution in [3.8, 4) is 5.75 Å². The standard InChI is InChI=1S/C26H20BrNO/c27-20-12-9-19(10-13-20)25-24-21-7-3-1-5-17(21)11-14-23(24)29-26-22-8-4-2-6-18(22)15-16-28(25)26/h1-14,25-26H,15-16H2/t25-,26+/m1/s1. The Hall–Kier alpha value is -2.62. The van der Waals surface area contributed by atoms with Gasteiger partial charge in [-0.3, -0.25) is 4.90 Å². The van der Waals surface area contributed by atoms with Gasteiger partial charge in [-0.2, -0.15) is 0 Å². The highest BCUT2D eigenvalue weighted by atomic mass is 79.9. The Bertz CT molecular complexity index is 1220. The third-order valence-electron chi connectivity index (χ3n) is 6.22. The van der Waals surface area contributed by atoms with Gasteiger partial charge in [-0.05, 0) is 46.5 Å². The summed E-state index contributed by atoms with van der Waals surface area (Å²) in [5.74, 6) is 0.995. The Labute approximate surface area is 178 Å². The molecule has 0 N–H and O–H groups in total. The highest BCUT2D eigenvalue weighted by Crippen LogP contribution is 2.50. The third kappa shape index (κ3) is 2.72. The van der Waals surface area contributed by atoms with E-state index in [9.17, 15) is 0 Å². The van der Waals surface area contributed by atoms with Gasteiger partial charge in [0.05, 0.1) is 6.04 Å². The summed E-state index contributed by atoms with van der Waals surface area (Å²) < 4.78 is 7.77. The minimum atomic E-state index is -0.0535. The van der Waals surface area contributed by atoms with Crippen molar-refractivity contribution in [2.24, 2.45) is 0 Å². The van der Waals surface area contributed by atoms with Crippen LogP contribution in [0.1, 0.15) is 34.5 Å². The minimum Gasteiger partial charge on any atom is -0.470 e. The summed E-state index contributed by atoms with van der Waals surface area (Å²) in [5, 5.41) is 2.53. The molecule has 4 aromatic rings. The van der Waals surface area contributed by atoms with Crippen molar-refractivity contribution in [3.63, 3.8) is 0 Å². The summed E-state index contributed by atoms with van der Waals surface area (Å²) in [6.45, 7) is 0.977. The second-order valence-electron chi connectivity index (χ2n) is 7.81. The van der Waals surface area contributed by atoms with Gasteiger partial charge in [0.2, 0.25) is 0 Å². The van der Waals surface area contributed by atoms with Crippen molar-refractivity contribution < 1.29 is 4.74 Å². The smallest absolute Gasteiger partial charge is 0.180 e. The minimum absolute atomic E-state index is 0.0535. The van der Waals surface area contributed by atoms with Gasteiger partial charge < -0.3 is 4.74 Å². The Morgan fingerprint density at radius 3 is 2.52 bits per heavy atom. The third-order valence-corrected chi connectivity index (χ3v) is 6.75. The monoisotopic (exact) mass is 441 g/mol. The summed E-state index contributed by atoms with van der Waals surface area (Å²) >= 11 is 3.59. The normalized spacial score (nSPS) is 20.4. The molecule has 0 saturated carbocycles. The SMILES string of the molecule is Brc1ccc([C@@H]2c3c(ccc4ccccc34)O[C@H]3c4ccccc4CCN23)cc1. The predicted molar refractivity (Wildman–Crippen MR) is 120 cm³/mol. The molecule has 0 spiro atoms. The maximum atomic E-state index is 6.66. The van der Waals surface area contributed by atoms with E-state index in [-0.39, 0.29) is 12.3 Å². The van der Waals surface area contributed by atoms with E-state index in [1.54, 1.807) is 0 Å². The molecule has 0 aliphatic carbocycles. The molecule has 0 radical (unpaired) electrons. The van der Waals surface area contributed by atoms with E-state index >= 15 is 0 Å². The summed E-state index contributed by atoms with van der Waals surface area (Å²) in [7, 11) is 0. The molecular weight excluding hydrogens is 422 g/mol. The molecular formula is C26H20BrNO. The summed E-state index contributed by atoms with van der Waals surface area (Å²) in [4.78, 5) is 2.53. The molecule has 6 rings (SSSR count). The van der Waals surface area contributed by atoms with Crippen LogP contribution in [0.3, 0.4) is 0 Å². The van der Waals surface area contributed by atoms with E-state index in [4.69, 9.17) is 4.74 Å². The fraction of sp³-hybridized carbons (Fsp3) is 0.154. The molecule has 2 nitrogen and oxygen atoms in total. The molecule has 29 heavy (non-hydrogen) atoms. The van der Waals surface area contributed by atoms with Crippen LogP contribution < -0.4 is 4.74 Å². The van der Waals surface area contributed by atoms with Gasteiger partial charge in [-0.25, -0.2) is 0 Å². The zero-order valence-corrected chi connectivity index (χ0v) is 17.5. The van der Waals surface area contributed by atoms with Crippen LogP contribution in [-0.2, 0) is 6.42 Å². The zero-order chi connectivity index (χ0) is 19.4. The highest BCUT2D eigenvalue weighted by Gasteiger charge is 2.41. The molecule has 2 heterocycles. The molecule has 0 saturated heterocycles. The van der Waals surface area contributed by atoms with Crippen molar-refractivity contribution in [2.45, 2.75) is 18.7 Å². The van der Waals surface area contributed by atoms with Crippen molar-refractivity contribution in [2.75, 3.05) is 6.54 Å². The number of nitrogens with zero attached hydrogens (tertiary/aromatic N) is 1. The van der Waals surface area contributed by atoms with E-state index in [2.05, 4.69) is 106 Å². The average molecular weight is 442 g/mol. The average Bonchev–Trinajstić information content (AvgIpc) is 2.78. The lowest BCUT2D eigenvalue weighted by Gasteiger charge is -2.46. The van der Waals surface area contributed by atoms with Crippen molar-refractivity contribution in [1.82, 2.24) is 4.90 Å². The quantitative estimate of drug-likeness (QED) is 0.328. The topological polar surface area (TPSA) is 12.5 Å². The number of halogens is 1. The van der Waals surface area contributed by atoms with Crippen molar-refractivity contribution >= 4 is 26.7 Å². The van der Waals surface area contributed by atoms with Crippen LogP contribution >= 0.6 is 15.9 Å². The van der Waals surface area contributed by atoms with Gasteiger partial charge in [-0.1, -0.05) is 82.7 Å². The number of hydrogen-bond donors (Lipinski definition) is 0. The number of ether oxygens (including phenoxy) is 1. The van der Waals surface area contributed by atoms with Crippen molar-refractivity contribution in [3.05, 3.63) is 112 Å². The second-order valence-corrected chi connectivity index (χ2v) is 8.73. The summed E-state index contributed by atoms with van der Waals surface area (Å²) in [6, 6.07) is 30.6. The van der Waals surface area contributed by atoms with E-state index < -0.39 is 0 Å². The number of fused-ring (bicyclic) bond motifs is 6. The van der Waals surface area contributed by atoms with Crippen molar-refractivity contribution in [1.29, 1.82) is 0 Å². The Morgan fingerprint density at radius 1 is 0.828 bits per heavy atom. The second kappa shape index (κ2) is 6.72. The van der Waals surface area contributed by atoms with Gasteiger partial charge >= 0.3 is 0 Å². The molecule has 0 aromatic heterocycles. The van der Waals surface area contributed by atoms with Crippen LogP contribution in [0.5, 0.6) is 5.75 Å². The molecule has 4 aromatic carbocycles. The van der Waals surface area contributed by atoms with E-state index in [0.717, 1.165) is 23.2 Å². The van der Waals surface area contributed by atoms with Crippen LogP contribution in [0, 0.1) is 0 Å². The first-order valence-corrected chi connectivity index (χ1v) is 10.9. The fourth-order valence-corrected chi connectivity index (χ4v) is 5.16. The molecule has 142 valence electrons. The first kappa shape index (κ1) is 17.3. The van der Waals surface area contributed by atoms with Crippen LogP contribution in [-0.4, -0.2) is 11.4 Å². The Kier molecular flexibility index (Phi) is 4.00. The van der Waals surface area contributed by atoms with Gasteiger partial charge in [-0.15, -0.1) is 0 Å². The molecule has 0 unspecified atom stereocenters. The largest absolute Gasteiger partial charge is 0.470 e. The first-order valence-electron chi connectivity index (χ1n) is 10.1. The lowest BCUT2D eigenvalue weighted by atomic mass is 9.87. The Balaban J connectivity index is 1.61. The maximum absolute atomic E-state index is 6.66. The lowest BCUT2D eigenvalue weighted by Crippen LogP contribution is -2.44. The maximum Gasteiger partial charge on any atom is 0.180 e. The molecule has 2 aliphatic heterocycles. The molecule has 2 atom stereocenters. The molecule has 0 bridgehead atoms. The number of benzene rings is 4. The molecule has 3 heteroatoms. The van der Waals surface area contributed by atoms with Gasteiger partial charge in [0, 0.05) is 22.1 Å². The van der Waals surface area contributed by atoms with Crippen LogP contribution in [0.15, 0.2) is 89.4 Å². The van der Waals surface area contributed by atoms with E-state index in [1.807, 2.05) is 0 Å². The molecule has 0 amide bonds. The summed E-state index contributed by atoms with van der Waals surface area (Å²) in [5.41, 5.74) is 5.27. The Morgan fingerprint density at radius 2 is 1.62 bits per heavy atom. The first-order chi connectivity index (χ1) is 14.3. The lowest BCUT2D eigenvalue weighted by molar-refractivity contribution is -0.0260. The van der Waals surface area contributed by atoms with E-state index in [0.29, 0.717) is 0 Å². The van der Waals surface area contributed by atoms with Crippen LogP contribution in [0.25, 0.3) is 10.8 Å². The van der Waals surface area contributed by atoms with Crippen LogP contribution in [0.4, 0.5) is 0 Å². The zero-order valence-electron chi connectivity index (χ0n) is 15.9. The number of hydrogen-bond acceptors (Lipinski definition) is 2. The molecule has 0 fully saturated rings. The van der Waals surface area contributed by atoms with Crippen LogP contribution in [0.2, 0.25) is 0 Å². The van der Waals surface area contributed by atoms with Gasteiger partial charge in [0.25, 0.3) is 0 Å². The predicted octanol–water partition coefficient (Wildman–Crippen LogP) is 6.64. The van der Waals surface area contributed by atoms with Gasteiger partial charge in [0.15, 0.2) is 6.23 Å². The van der Waals surface area contributed by atoms with E-state index in [1.165, 1.54) is 33.0 Å². The fourth-order valence-electron chi connectivity index (χ4n) is 4.89.